The highest BCUT2D eigenvalue weighted by atomic mass is 16.4. The Hall–Kier alpha value is -2.62. The predicted octanol–water partition coefficient (Wildman–Crippen LogP) is 2.64. The molecular formula is C17H15NO3. The van der Waals surface area contributed by atoms with Crippen molar-refractivity contribution in [3.8, 4) is 0 Å². The van der Waals surface area contributed by atoms with Gasteiger partial charge in [-0.3, -0.25) is 4.79 Å². The normalized spacial score (nSPS) is 16.4. The average molecular weight is 281 g/mol. The van der Waals surface area contributed by atoms with Crippen molar-refractivity contribution in [3.05, 3.63) is 71.3 Å². The zero-order valence-electron chi connectivity index (χ0n) is 11.6. The van der Waals surface area contributed by atoms with Crippen LogP contribution in [0.2, 0.25) is 0 Å². The summed E-state index contributed by atoms with van der Waals surface area (Å²) in [6.45, 7) is 1.89. The summed E-state index contributed by atoms with van der Waals surface area (Å²) in [6, 6.07) is 16.1. The van der Waals surface area contributed by atoms with Gasteiger partial charge >= 0.3 is 5.97 Å². The molecule has 1 aliphatic rings. The van der Waals surface area contributed by atoms with Gasteiger partial charge in [-0.25, -0.2) is 4.79 Å². The second-order valence-electron chi connectivity index (χ2n) is 5.29. The Morgan fingerprint density at radius 1 is 1.10 bits per heavy atom. The molecule has 2 aromatic rings. The van der Waals surface area contributed by atoms with Crippen LogP contribution in [0.4, 0.5) is 0 Å². The monoisotopic (exact) mass is 281 g/mol. The molecule has 0 saturated carbocycles. The zero-order chi connectivity index (χ0) is 15.0. The van der Waals surface area contributed by atoms with Crippen molar-refractivity contribution in [1.29, 1.82) is 0 Å². The second kappa shape index (κ2) is 4.74. The summed E-state index contributed by atoms with van der Waals surface area (Å²) in [4.78, 5) is 25.9. The van der Waals surface area contributed by atoms with E-state index in [1.165, 1.54) is 4.90 Å². The molecule has 0 fully saturated rings. The molecule has 0 aromatic heterocycles. The summed E-state index contributed by atoms with van der Waals surface area (Å²) in [5.74, 6) is -1.27. The molecule has 1 N–H and O–H groups in total. The van der Waals surface area contributed by atoms with Gasteiger partial charge in [0, 0.05) is 12.1 Å². The number of amides is 1. The Bertz CT molecular complexity index is 711. The van der Waals surface area contributed by atoms with Crippen molar-refractivity contribution in [3.63, 3.8) is 0 Å². The molecule has 1 heterocycles. The molecule has 0 aliphatic carbocycles. The van der Waals surface area contributed by atoms with E-state index >= 15 is 0 Å². The van der Waals surface area contributed by atoms with Crippen molar-refractivity contribution in [1.82, 2.24) is 4.90 Å². The van der Waals surface area contributed by atoms with Crippen LogP contribution in [0.15, 0.2) is 54.6 Å². The number of rotatable bonds is 3. The van der Waals surface area contributed by atoms with Gasteiger partial charge in [-0.1, -0.05) is 48.5 Å². The second-order valence-corrected chi connectivity index (χ2v) is 5.29. The first kappa shape index (κ1) is 13.4. The number of carboxylic acid groups (broad SMARTS) is 1. The maximum atomic E-state index is 12.6. The Morgan fingerprint density at radius 2 is 1.71 bits per heavy atom. The number of hydrogen-bond acceptors (Lipinski definition) is 2. The SMILES string of the molecule is CC(C(=O)O)(c1ccccc1)N1Cc2ccccc2C1=O. The first-order valence-electron chi connectivity index (χ1n) is 6.74. The van der Waals surface area contributed by atoms with Gasteiger partial charge in [0.2, 0.25) is 0 Å². The van der Waals surface area contributed by atoms with Crippen LogP contribution in [0.1, 0.15) is 28.4 Å². The lowest BCUT2D eigenvalue weighted by Gasteiger charge is -2.35. The Balaban J connectivity index is 2.09. The van der Waals surface area contributed by atoms with E-state index in [0.29, 0.717) is 17.7 Å². The van der Waals surface area contributed by atoms with Crippen LogP contribution in [0.3, 0.4) is 0 Å². The third kappa shape index (κ3) is 1.91. The van der Waals surface area contributed by atoms with Crippen LogP contribution < -0.4 is 0 Å². The van der Waals surface area contributed by atoms with Crippen molar-refractivity contribution < 1.29 is 14.7 Å². The first-order valence-corrected chi connectivity index (χ1v) is 6.74. The fourth-order valence-electron chi connectivity index (χ4n) is 2.77. The number of hydrogen-bond donors (Lipinski definition) is 1. The fourth-order valence-corrected chi connectivity index (χ4v) is 2.77. The van der Waals surface area contributed by atoms with Crippen molar-refractivity contribution >= 4 is 11.9 Å². The number of fused-ring (bicyclic) bond motifs is 1. The highest BCUT2D eigenvalue weighted by molar-refractivity contribution is 6.01. The molecule has 106 valence electrons. The fraction of sp³-hybridized carbons (Fsp3) is 0.176. The lowest BCUT2D eigenvalue weighted by molar-refractivity contribution is -0.149. The van der Waals surface area contributed by atoms with Crippen molar-refractivity contribution in [2.24, 2.45) is 0 Å². The van der Waals surface area contributed by atoms with Crippen LogP contribution in [-0.4, -0.2) is 21.9 Å². The number of carbonyl (C=O) groups excluding carboxylic acids is 1. The average Bonchev–Trinajstić information content (AvgIpc) is 2.85. The van der Waals surface area contributed by atoms with E-state index in [-0.39, 0.29) is 5.91 Å². The van der Waals surface area contributed by atoms with Crippen LogP contribution in [0.5, 0.6) is 0 Å². The minimum absolute atomic E-state index is 0.237. The maximum Gasteiger partial charge on any atom is 0.334 e. The van der Waals surface area contributed by atoms with Gasteiger partial charge in [0.1, 0.15) is 0 Å². The van der Waals surface area contributed by atoms with Gasteiger partial charge in [-0.05, 0) is 24.1 Å². The minimum atomic E-state index is -1.38. The van der Waals surface area contributed by atoms with E-state index in [0.717, 1.165) is 5.56 Å². The molecule has 2 aromatic carbocycles. The summed E-state index contributed by atoms with van der Waals surface area (Å²) in [6.07, 6.45) is 0. The standard InChI is InChI=1S/C17H15NO3/c1-17(16(20)21,13-8-3-2-4-9-13)18-11-12-7-5-6-10-14(12)15(18)19/h2-10H,11H2,1H3,(H,20,21). The molecule has 0 radical (unpaired) electrons. The molecule has 0 bridgehead atoms. The van der Waals surface area contributed by atoms with Crippen LogP contribution in [-0.2, 0) is 16.9 Å². The summed E-state index contributed by atoms with van der Waals surface area (Å²) >= 11 is 0. The minimum Gasteiger partial charge on any atom is -0.479 e. The van der Waals surface area contributed by atoms with Crippen molar-refractivity contribution in [2.45, 2.75) is 19.0 Å². The molecule has 0 saturated heterocycles. The molecule has 1 amide bonds. The Labute approximate surface area is 122 Å². The van der Waals surface area contributed by atoms with Gasteiger partial charge in [0.05, 0.1) is 0 Å². The highest BCUT2D eigenvalue weighted by Crippen LogP contribution is 2.36. The number of benzene rings is 2. The number of nitrogens with zero attached hydrogens (tertiary/aromatic N) is 1. The van der Waals surface area contributed by atoms with E-state index in [1.54, 1.807) is 43.3 Å². The van der Waals surface area contributed by atoms with Crippen LogP contribution in [0, 0.1) is 0 Å². The van der Waals surface area contributed by atoms with E-state index in [2.05, 4.69) is 0 Å². The molecule has 0 spiro atoms. The van der Waals surface area contributed by atoms with Gasteiger partial charge in [0.25, 0.3) is 5.91 Å². The number of carbonyl (C=O) groups is 2. The number of carboxylic acids is 1. The molecule has 4 nitrogen and oxygen atoms in total. The molecular weight excluding hydrogens is 266 g/mol. The summed E-state index contributed by atoms with van der Waals surface area (Å²) in [5.41, 5.74) is 0.669. The molecule has 4 heteroatoms. The summed E-state index contributed by atoms with van der Waals surface area (Å²) < 4.78 is 0. The highest BCUT2D eigenvalue weighted by Gasteiger charge is 2.47. The quantitative estimate of drug-likeness (QED) is 0.941. The van der Waals surface area contributed by atoms with Gasteiger partial charge in [-0.15, -0.1) is 0 Å². The maximum absolute atomic E-state index is 12.6. The van der Waals surface area contributed by atoms with Crippen LogP contribution in [0.25, 0.3) is 0 Å². The van der Waals surface area contributed by atoms with E-state index in [4.69, 9.17) is 0 Å². The van der Waals surface area contributed by atoms with E-state index in [1.807, 2.05) is 18.2 Å². The Morgan fingerprint density at radius 3 is 2.33 bits per heavy atom. The molecule has 1 atom stereocenters. The molecule has 1 aliphatic heterocycles. The van der Waals surface area contributed by atoms with E-state index in [9.17, 15) is 14.7 Å². The molecule has 21 heavy (non-hydrogen) atoms. The van der Waals surface area contributed by atoms with E-state index < -0.39 is 11.5 Å². The third-order valence-electron chi connectivity index (χ3n) is 4.11. The smallest absolute Gasteiger partial charge is 0.334 e. The van der Waals surface area contributed by atoms with Gasteiger partial charge in [0.15, 0.2) is 5.54 Å². The largest absolute Gasteiger partial charge is 0.479 e. The first-order chi connectivity index (χ1) is 10.0. The summed E-state index contributed by atoms with van der Waals surface area (Å²) in [5, 5.41) is 9.75. The summed E-state index contributed by atoms with van der Waals surface area (Å²) in [7, 11) is 0. The number of aliphatic carboxylic acids is 1. The Kier molecular flexibility index (Phi) is 3.01. The van der Waals surface area contributed by atoms with Crippen molar-refractivity contribution in [2.75, 3.05) is 0 Å². The van der Waals surface area contributed by atoms with Gasteiger partial charge in [-0.2, -0.15) is 0 Å². The predicted molar refractivity (Wildman–Crippen MR) is 77.7 cm³/mol. The zero-order valence-corrected chi connectivity index (χ0v) is 11.6. The molecule has 1 unspecified atom stereocenters. The lowest BCUT2D eigenvalue weighted by Crippen LogP contribution is -2.49. The lowest BCUT2D eigenvalue weighted by atomic mass is 9.90. The van der Waals surface area contributed by atoms with Gasteiger partial charge < -0.3 is 10.0 Å². The van der Waals surface area contributed by atoms with Crippen LogP contribution >= 0.6 is 0 Å². The molecule has 3 rings (SSSR count). The third-order valence-corrected chi connectivity index (χ3v) is 4.11. The topological polar surface area (TPSA) is 57.6 Å².